The predicted molar refractivity (Wildman–Crippen MR) is 133 cm³/mol. The first-order chi connectivity index (χ1) is 16.3. The minimum Gasteiger partial charge on any atom is -0.368 e. The molecule has 11 heteroatoms. The SMILES string of the molecule is CCCCCCCC(=O)NC(CCCN)C(=O)NC(CCCN)C(=O)NC(CCCN)C(N)=O. The number of nitrogens with two attached hydrogens (primary N) is 4. The van der Waals surface area contributed by atoms with E-state index in [4.69, 9.17) is 22.9 Å². The van der Waals surface area contributed by atoms with E-state index in [1.165, 1.54) is 0 Å². The van der Waals surface area contributed by atoms with Crippen LogP contribution in [0.3, 0.4) is 0 Å². The predicted octanol–water partition coefficient (Wildman–Crippen LogP) is -0.497. The van der Waals surface area contributed by atoms with E-state index in [2.05, 4.69) is 22.9 Å². The summed E-state index contributed by atoms with van der Waals surface area (Å²) in [7, 11) is 0. The smallest absolute Gasteiger partial charge is 0.243 e. The fourth-order valence-corrected chi connectivity index (χ4v) is 3.49. The highest BCUT2D eigenvalue weighted by Gasteiger charge is 2.28. The van der Waals surface area contributed by atoms with Gasteiger partial charge in [0, 0.05) is 6.42 Å². The van der Waals surface area contributed by atoms with Gasteiger partial charge in [0.05, 0.1) is 0 Å². The highest BCUT2D eigenvalue weighted by molar-refractivity contribution is 5.93. The second-order valence-electron chi connectivity index (χ2n) is 8.60. The molecular weight excluding hydrogens is 438 g/mol. The largest absolute Gasteiger partial charge is 0.368 e. The summed E-state index contributed by atoms with van der Waals surface area (Å²) in [6.07, 6.45) is 7.90. The maximum atomic E-state index is 13.0. The topological polar surface area (TPSA) is 208 Å². The molecule has 11 N–H and O–H groups in total. The Morgan fingerprint density at radius 1 is 0.618 bits per heavy atom. The van der Waals surface area contributed by atoms with Crippen LogP contribution in [0.25, 0.3) is 0 Å². The van der Waals surface area contributed by atoms with Crippen molar-refractivity contribution >= 4 is 23.6 Å². The van der Waals surface area contributed by atoms with Gasteiger partial charge in [-0.05, 0) is 64.6 Å². The van der Waals surface area contributed by atoms with Gasteiger partial charge in [-0.1, -0.05) is 32.6 Å². The highest BCUT2D eigenvalue weighted by Crippen LogP contribution is 2.07. The maximum absolute atomic E-state index is 13.0. The number of unbranched alkanes of at least 4 members (excludes halogenated alkanes) is 4. The van der Waals surface area contributed by atoms with Gasteiger partial charge in [-0.3, -0.25) is 19.2 Å². The molecule has 0 aliphatic carbocycles. The number of rotatable bonds is 21. The third-order valence-electron chi connectivity index (χ3n) is 5.54. The van der Waals surface area contributed by atoms with Gasteiger partial charge in [0.15, 0.2) is 0 Å². The van der Waals surface area contributed by atoms with E-state index in [1.807, 2.05) is 0 Å². The Hall–Kier alpha value is -2.24. The van der Waals surface area contributed by atoms with E-state index in [1.54, 1.807) is 0 Å². The molecule has 0 bridgehead atoms. The molecule has 0 aromatic rings. The van der Waals surface area contributed by atoms with Gasteiger partial charge in [0.1, 0.15) is 18.1 Å². The summed E-state index contributed by atoms with van der Waals surface area (Å²) in [5, 5.41) is 8.09. The fraction of sp³-hybridized carbons (Fsp3) is 0.826. The Labute approximate surface area is 203 Å². The fourth-order valence-electron chi connectivity index (χ4n) is 3.49. The molecule has 0 radical (unpaired) electrons. The molecule has 3 unspecified atom stereocenters. The van der Waals surface area contributed by atoms with Crippen molar-refractivity contribution in [1.82, 2.24) is 16.0 Å². The lowest BCUT2D eigenvalue weighted by molar-refractivity contribution is -0.133. The number of nitrogens with one attached hydrogen (secondary N) is 3. The molecule has 4 amide bonds. The highest BCUT2D eigenvalue weighted by atomic mass is 16.2. The Balaban J connectivity index is 5.13. The van der Waals surface area contributed by atoms with Crippen LogP contribution in [0, 0.1) is 0 Å². The monoisotopic (exact) mass is 485 g/mol. The van der Waals surface area contributed by atoms with E-state index in [0.717, 1.165) is 32.1 Å². The summed E-state index contributed by atoms with van der Waals surface area (Å²) in [6.45, 7) is 3.18. The van der Waals surface area contributed by atoms with Gasteiger partial charge in [-0.15, -0.1) is 0 Å². The Bertz CT molecular complexity index is 604. The van der Waals surface area contributed by atoms with Crippen molar-refractivity contribution in [3.63, 3.8) is 0 Å². The first-order valence-electron chi connectivity index (χ1n) is 12.6. The Morgan fingerprint density at radius 3 is 1.53 bits per heavy atom. The van der Waals surface area contributed by atoms with Crippen LogP contribution in [0.15, 0.2) is 0 Å². The lowest BCUT2D eigenvalue weighted by Gasteiger charge is -2.25. The van der Waals surface area contributed by atoms with Gasteiger partial charge < -0.3 is 38.9 Å². The van der Waals surface area contributed by atoms with Crippen LogP contribution < -0.4 is 38.9 Å². The second kappa shape index (κ2) is 20.2. The first kappa shape index (κ1) is 31.8. The van der Waals surface area contributed by atoms with Crippen molar-refractivity contribution in [2.75, 3.05) is 19.6 Å². The van der Waals surface area contributed by atoms with Gasteiger partial charge in [0.25, 0.3) is 0 Å². The molecule has 34 heavy (non-hydrogen) atoms. The molecular formula is C23H47N7O4. The molecule has 198 valence electrons. The third kappa shape index (κ3) is 14.8. The molecule has 0 rings (SSSR count). The van der Waals surface area contributed by atoms with Crippen LogP contribution in [-0.4, -0.2) is 61.4 Å². The zero-order valence-corrected chi connectivity index (χ0v) is 20.8. The van der Waals surface area contributed by atoms with Crippen LogP contribution in [-0.2, 0) is 19.2 Å². The van der Waals surface area contributed by atoms with Crippen molar-refractivity contribution in [2.24, 2.45) is 22.9 Å². The van der Waals surface area contributed by atoms with Crippen molar-refractivity contribution in [3.8, 4) is 0 Å². The van der Waals surface area contributed by atoms with Crippen LogP contribution >= 0.6 is 0 Å². The Morgan fingerprint density at radius 2 is 1.06 bits per heavy atom. The van der Waals surface area contributed by atoms with Gasteiger partial charge in [-0.25, -0.2) is 0 Å². The maximum Gasteiger partial charge on any atom is 0.243 e. The number of carbonyl (C=O) groups is 4. The molecule has 11 nitrogen and oxygen atoms in total. The molecule has 0 saturated heterocycles. The number of primary amides is 1. The molecule has 0 aliphatic heterocycles. The quantitative estimate of drug-likeness (QED) is 0.106. The van der Waals surface area contributed by atoms with Crippen molar-refractivity contribution in [1.29, 1.82) is 0 Å². The minimum atomic E-state index is -0.915. The van der Waals surface area contributed by atoms with Crippen molar-refractivity contribution < 1.29 is 19.2 Å². The number of carbonyl (C=O) groups excluding carboxylic acids is 4. The van der Waals surface area contributed by atoms with Crippen LogP contribution in [0.2, 0.25) is 0 Å². The van der Waals surface area contributed by atoms with E-state index in [9.17, 15) is 19.2 Å². The van der Waals surface area contributed by atoms with Gasteiger partial charge in [0.2, 0.25) is 23.6 Å². The molecule has 3 atom stereocenters. The van der Waals surface area contributed by atoms with Gasteiger partial charge in [-0.2, -0.15) is 0 Å². The number of hydrogen-bond donors (Lipinski definition) is 7. The summed E-state index contributed by atoms with van der Waals surface area (Å²) in [6, 6.07) is -2.60. The lowest BCUT2D eigenvalue weighted by Crippen LogP contribution is -2.56. The van der Waals surface area contributed by atoms with Gasteiger partial charge >= 0.3 is 0 Å². The third-order valence-corrected chi connectivity index (χ3v) is 5.54. The average molecular weight is 486 g/mol. The second-order valence-corrected chi connectivity index (χ2v) is 8.60. The number of hydrogen-bond acceptors (Lipinski definition) is 7. The lowest BCUT2D eigenvalue weighted by atomic mass is 10.1. The van der Waals surface area contributed by atoms with Crippen LogP contribution in [0.4, 0.5) is 0 Å². The standard InChI is InChI=1S/C23H47N7O4/c1-2-3-4-5-6-13-20(31)28-18(11-8-15-25)22(33)30-19(12-9-16-26)23(34)29-17(21(27)32)10-7-14-24/h17-19H,2-16,24-26H2,1H3,(H2,27,32)(H,28,31)(H,29,34)(H,30,33). The van der Waals surface area contributed by atoms with Crippen LogP contribution in [0.1, 0.15) is 84.0 Å². The molecule has 0 fully saturated rings. The average Bonchev–Trinajstić information content (AvgIpc) is 2.81. The van der Waals surface area contributed by atoms with E-state index < -0.39 is 35.8 Å². The van der Waals surface area contributed by atoms with E-state index in [-0.39, 0.29) is 12.3 Å². The zero-order chi connectivity index (χ0) is 25.8. The van der Waals surface area contributed by atoms with E-state index in [0.29, 0.717) is 58.2 Å². The molecule has 0 aromatic heterocycles. The van der Waals surface area contributed by atoms with Crippen molar-refractivity contribution in [3.05, 3.63) is 0 Å². The molecule has 0 heterocycles. The summed E-state index contributed by atoms with van der Waals surface area (Å²) in [5.74, 6) is -1.87. The first-order valence-corrected chi connectivity index (χ1v) is 12.6. The summed E-state index contributed by atoms with van der Waals surface area (Å²) >= 11 is 0. The molecule has 0 spiro atoms. The molecule has 0 aliphatic rings. The molecule has 0 saturated carbocycles. The normalized spacial score (nSPS) is 13.5. The summed E-state index contributed by atoms with van der Waals surface area (Å²) < 4.78 is 0. The minimum absolute atomic E-state index is 0.202. The van der Waals surface area contributed by atoms with E-state index >= 15 is 0 Å². The zero-order valence-electron chi connectivity index (χ0n) is 20.8. The van der Waals surface area contributed by atoms with Crippen molar-refractivity contribution in [2.45, 2.75) is 102 Å². The Kier molecular flexibility index (Phi) is 18.8. The summed E-state index contributed by atoms with van der Waals surface area (Å²) in [5.41, 5.74) is 22.1. The molecule has 0 aromatic carbocycles. The summed E-state index contributed by atoms with van der Waals surface area (Å²) in [4.78, 5) is 49.9. The van der Waals surface area contributed by atoms with Crippen LogP contribution in [0.5, 0.6) is 0 Å². The number of amides is 4.